The van der Waals surface area contributed by atoms with Crippen LogP contribution in [0.2, 0.25) is 0 Å². The first kappa shape index (κ1) is 96.4. The van der Waals surface area contributed by atoms with Crippen LogP contribution < -0.4 is 0 Å². The monoisotopic (exact) mass is 1730 g/mol. The van der Waals surface area contributed by atoms with Gasteiger partial charge >= 0.3 is 0 Å². The number of unbranched alkanes of at least 4 members (excludes halogenated alkanes) is 8. The van der Waals surface area contributed by atoms with Gasteiger partial charge in [0.05, 0.1) is 0 Å². The van der Waals surface area contributed by atoms with Crippen LogP contribution in [0.4, 0.5) is 0 Å². The van der Waals surface area contributed by atoms with Gasteiger partial charge in [-0.2, -0.15) is 0 Å². The first-order valence-electron chi connectivity index (χ1n) is 54.5. The zero-order chi connectivity index (χ0) is 91.3. The van der Waals surface area contributed by atoms with Gasteiger partial charge in [0, 0.05) is 32.8 Å². The minimum atomic E-state index is -0.193. The van der Waals surface area contributed by atoms with Crippen LogP contribution in [0.15, 0.2) is 194 Å². The number of rotatable bonds is 52. The van der Waals surface area contributed by atoms with E-state index in [1.54, 1.807) is 33.4 Å². The van der Waals surface area contributed by atoms with E-state index in [1.165, 1.54) is 320 Å². The van der Waals surface area contributed by atoms with Crippen LogP contribution >= 0.6 is 0 Å². The molecule has 0 fully saturated rings. The molecule has 1 nitrogen and oxygen atoms in total. The summed E-state index contributed by atoms with van der Waals surface area (Å²) in [7, 11) is 0. The summed E-state index contributed by atoms with van der Waals surface area (Å²) in [5.41, 5.74) is 37.7. The normalized spacial score (nSPS) is 19.4. The molecule has 0 radical (unpaired) electrons. The maximum atomic E-state index is 15.9. The number of carbonyl (C=O) groups is 1. The molecular formula is C129H168O. The lowest BCUT2D eigenvalue weighted by molar-refractivity contribution is 0.104. The predicted molar refractivity (Wildman–Crippen MR) is 565 cm³/mol. The van der Waals surface area contributed by atoms with Gasteiger partial charge in [0.25, 0.3) is 0 Å². The van der Waals surface area contributed by atoms with Gasteiger partial charge < -0.3 is 0 Å². The summed E-state index contributed by atoms with van der Waals surface area (Å²) in [4.78, 5) is 15.9. The van der Waals surface area contributed by atoms with E-state index in [9.17, 15) is 0 Å². The summed E-state index contributed by atoms with van der Waals surface area (Å²) in [6.45, 7) is 39.0. The van der Waals surface area contributed by atoms with E-state index in [2.05, 4.69) is 305 Å². The number of carbonyl (C=O) groups excluding carboxylic acids is 1. The van der Waals surface area contributed by atoms with Crippen molar-refractivity contribution in [3.63, 3.8) is 0 Å². The van der Waals surface area contributed by atoms with Crippen molar-refractivity contribution in [2.24, 2.45) is 47.3 Å². The number of hydrogen-bond acceptors (Lipinski definition) is 1. The average molecular weight is 1730 g/mol. The second kappa shape index (κ2) is 43.9. The van der Waals surface area contributed by atoms with E-state index in [0.717, 1.165) is 59.1 Å². The van der Waals surface area contributed by atoms with Crippen molar-refractivity contribution in [1.82, 2.24) is 0 Å². The zero-order valence-electron chi connectivity index (χ0n) is 84.3. The van der Waals surface area contributed by atoms with Crippen LogP contribution in [-0.4, -0.2) is 5.78 Å². The summed E-state index contributed by atoms with van der Waals surface area (Å²) < 4.78 is 0. The maximum Gasteiger partial charge on any atom is 0.194 e. The fourth-order valence-corrected chi connectivity index (χ4v) is 27.0. The molecular weight excluding hydrogens is 1570 g/mol. The summed E-state index contributed by atoms with van der Waals surface area (Å²) in [5, 5.41) is 0. The third-order valence-electron chi connectivity index (χ3n) is 34.9. The smallest absolute Gasteiger partial charge is 0.194 e. The fraction of sp³-hybridized carbons (Fsp3) is 0.527. The van der Waals surface area contributed by atoms with Crippen molar-refractivity contribution in [2.45, 2.75) is 389 Å². The van der Waals surface area contributed by atoms with Gasteiger partial charge in [0.15, 0.2) is 5.78 Å². The van der Waals surface area contributed by atoms with Crippen LogP contribution in [0.5, 0.6) is 0 Å². The zero-order valence-corrected chi connectivity index (χ0v) is 84.3. The molecule has 0 amide bonds. The molecule has 0 saturated carbocycles. The van der Waals surface area contributed by atoms with E-state index >= 15 is 4.79 Å². The van der Waals surface area contributed by atoms with Gasteiger partial charge in [-0.25, -0.2) is 0 Å². The number of hydrogen-bond donors (Lipinski definition) is 0. The largest absolute Gasteiger partial charge is 0.289 e. The second-order valence-electron chi connectivity index (χ2n) is 42.8. The summed E-state index contributed by atoms with van der Waals surface area (Å²) in [5.74, 6) is 5.21. The first-order valence-corrected chi connectivity index (χ1v) is 54.5. The third-order valence-corrected chi connectivity index (χ3v) is 34.9. The number of fused-ring (bicyclic) bond motifs is 15. The van der Waals surface area contributed by atoms with Gasteiger partial charge in [0.2, 0.25) is 0 Å². The highest BCUT2D eigenvalue weighted by Gasteiger charge is 2.51. The Morgan fingerprint density at radius 3 is 0.523 bits per heavy atom. The van der Waals surface area contributed by atoms with Crippen LogP contribution in [-0.2, 0) is 21.7 Å². The van der Waals surface area contributed by atoms with Crippen LogP contribution in [0.3, 0.4) is 0 Å². The van der Waals surface area contributed by atoms with E-state index < -0.39 is 0 Å². The van der Waals surface area contributed by atoms with Crippen molar-refractivity contribution < 1.29 is 4.79 Å². The van der Waals surface area contributed by atoms with Crippen molar-refractivity contribution >= 4 is 5.78 Å². The fourth-order valence-electron chi connectivity index (χ4n) is 27.0. The van der Waals surface area contributed by atoms with Crippen molar-refractivity contribution in [3.05, 3.63) is 250 Å². The Hall–Kier alpha value is -8.13. The second-order valence-corrected chi connectivity index (χ2v) is 42.8. The molecule has 0 saturated heterocycles. The predicted octanol–water partition coefficient (Wildman–Crippen LogP) is 39.5. The topological polar surface area (TPSA) is 17.1 Å². The minimum Gasteiger partial charge on any atom is -0.289 e. The van der Waals surface area contributed by atoms with Gasteiger partial charge in [-0.05, 0) is 292 Å². The minimum absolute atomic E-state index is 0.0316. The molecule has 5 aliphatic rings. The quantitative estimate of drug-likeness (QED) is 0.0371. The number of benzene rings is 10. The third kappa shape index (κ3) is 19.1. The molecule has 0 aromatic heterocycles. The molecule has 0 aliphatic heterocycles. The van der Waals surface area contributed by atoms with Crippen LogP contribution in [0, 0.1) is 47.3 Å². The van der Waals surface area contributed by atoms with E-state index in [0.29, 0.717) is 47.3 Å². The van der Waals surface area contributed by atoms with Gasteiger partial charge in [0.1, 0.15) is 0 Å². The molecule has 0 spiro atoms. The standard InChI is InChI=1S/C129H168O/c1-17-33-45-89(25-9)81-126(82-90(26-10)46-34-18-2)117-55-43-41-53-107(117)109-67-61-101(77-119(109)126)103-63-71-113-111-69-59-99(75-121(111)128(123(113)79-103,85-93(29-13)49-37-21-5)86-94(30-14)50-38-22-6)97-57-65-105-106-66-58-98(74-116(106)125(130)115(105)73-97)100-60-70-112-114-72-64-104(80-124(114)129(122(112)76-100,87-95(31-15)51-39-23-7)88-96(32-16)52-40-24-8)102-62-68-110-108-54-42-44-56-118(108)127(120(110)78-102,83-91(27-11)47-35-19-3)84-92(28-12)48-36-20-4/h41-44,53-80,89-96H,17-40,45-52,81-88H2,1-16H3. The molecule has 8 atom stereocenters. The lowest BCUT2D eigenvalue weighted by atomic mass is 9.64. The summed E-state index contributed by atoms with van der Waals surface area (Å²) >= 11 is 0. The van der Waals surface area contributed by atoms with Gasteiger partial charge in [-0.15, -0.1) is 0 Å². The Labute approximate surface area is 791 Å². The maximum absolute atomic E-state index is 15.9. The highest BCUT2D eigenvalue weighted by molar-refractivity contribution is 6.22. The van der Waals surface area contributed by atoms with Gasteiger partial charge in [-0.1, -0.05) is 462 Å². The van der Waals surface area contributed by atoms with Crippen molar-refractivity contribution in [1.29, 1.82) is 0 Å². The Kier molecular flexibility index (Phi) is 32.6. The Bertz CT molecular complexity index is 5050. The molecule has 0 N–H and O–H groups in total. The van der Waals surface area contributed by atoms with Crippen LogP contribution in [0.25, 0.3) is 100 Å². The molecule has 130 heavy (non-hydrogen) atoms. The summed E-state index contributed by atoms with van der Waals surface area (Å²) in [6.07, 6.45) is 49.5. The lowest BCUT2D eigenvalue weighted by Gasteiger charge is -2.39. The van der Waals surface area contributed by atoms with E-state index in [-0.39, 0.29) is 27.4 Å². The Morgan fingerprint density at radius 2 is 0.338 bits per heavy atom. The summed E-state index contributed by atoms with van der Waals surface area (Å²) in [6, 6.07) is 79.7. The molecule has 8 unspecified atom stereocenters. The molecule has 0 heterocycles. The van der Waals surface area contributed by atoms with Crippen molar-refractivity contribution in [3.8, 4) is 100 Å². The van der Waals surface area contributed by atoms with Crippen LogP contribution in [0.1, 0.15) is 428 Å². The molecule has 5 aliphatic carbocycles. The molecule has 15 rings (SSSR count). The Balaban J connectivity index is 0.809. The molecule has 690 valence electrons. The molecule has 0 bridgehead atoms. The lowest BCUT2D eigenvalue weighted by Crippen LogP contribution is -2.32. The average Bonchev–Trinajstić information content (AvgIpc) is 1.56. The Morgan fingerprint density at radius 1 is 0.177 bits per heavy atom. The molecule has 10 aromatic carbocycles. The van der Waals surface area contributed by atoms with Gasteiger partial charge in [-0.3, -0.25) is 4.79 Å². The molecule has 1 heteroatoms. The highest BCUT2D eigenvalue weighted by Crippen LogP contribution is 2.64. The number of ketones is 1. The van der Waals surface area contributed by atoms with Crippen molar-refractivity contribution in [2.75, 3.05) is 0 Å². The SMILES string of the molecule is CCCCC(CC)CC1(CC(CC)CCCC)c2ccccc2-c2ccc(-c3ccc4c(c3)C(CC(CC)CCCC)(CC(CC)CCCC)c3cc(-c5ccc6c(c5)C(=O)c5cc(-c7ccc8c(c7)C(CC(CC)CCCC)(CC(CC)CCCC)c7cc(-c9ccc%10c(c9)C(CC(CC)CCCC)(CC(CC)CCCC)c9ccccc9-%10)ccc7-8)ccc5-6)ccc3-4)cc21. The van der Waals surface area contributed by atoms with E-state index in [4.69, 9.17) is 0 Å². The highest BCUT2D eigenvalue weighted by atomic mass is 16.1. The van der Waals surface area contributed by atoms with E-state index in [1.807, 2.05) is 0 Å². The first-order chi connectivity index (χ1) is 63.5. The molecule has 10 aromatic rings.